The van der Waals surface area contributed by atoms with Gasteiger partial charge in [0.05, 0.1) is 0 Å². The monoisotopic (exact) mass is 296 g/mol. The van der Waals surface area contributed by atoms with Crippen molar-refractivity contribution in [3.05, 3.63) is 40.4 Å². The van der Waals surface area contributed by atoms with Crippen LogP contribution in [0.25, 0.3) is 5.76 Å². The Bertz CT molecular complexity index is 393. The molecule has 0 amide bonds. The van der Waals surface area contributed by atoms with Crippen molar-refractivity contribution in [1.82, 2.24) is 0 Å². The molecule has 17 heavy (non-hydrogen) atoms. The average Bonchev–Trinajstić information content (AvgIpc) is 2.30. The fourth-order valence-electron chi connectivity index (χ4n) is 1.48. The van der Waals surface area contributed by atoms with E-state index in [2.05, 4.69) is 22.9 Å². The molecule has 2 nitrogen and oxygen atoms in total. The highest BCUT2D eigenvalue weighted by molar-refractivity contribution is 9.10. The van der Waals surface area contributed by atoms with E-state index in [1.807, 2.05) is 12.1 Å². The summed E-state index contributed by atoms with van der Waals surface area (Å²) in [5, 5.41) is 9.76. The lowest BCUT2D eigenvalue weighted by atomic mass is 10.1. The summed E-state index contributed by atoms with van der Waals surface area (Å²) < 4.78 is 0.948. The first-order valence-electron chi connectivity index (χ1n) is 5.83. The van der Waals surface area contributed by atoms with E-state index in [1.165, 1.54) is 6.08 Å². The SMILES string of the molecule is CCCCCC(=O)C=C(O)c1ccc(Br)cc1. The molecule has 0 aliphatic rings. The van der Waals surface area contributed by atoms with Gasteiger partial charge in [0, 0.05) is 22.5 Å². The Morgan fingerprint density at radius 3 is 2.53 bits per heavy atom. The van der Waals surface area contributed by atoms with Crippen LogP contribution in [-0.4, -0.2) is 10.9 Å². The van der Waals surface area contributed by atoms with Crippen LogP contribution in [0.2, 0.25) is 0 Å². The van der Waals surface area contributed by atoms with Crippen LogP contribution in [-0.2, 0) is 4.79 Å². The molecule has 0 heterocycles. The van der Waals surface area contributed by atoms with E-state index < -0.39 is 0 Å². The predicted molar refractivity (Wildman–Crippen MR) is 73.9 cm³/mol. The highest BCUT2D eigenvalue weighted by atomic mass is 79.9. The first kappa shape index (κ1) is 14.0. The molecule has 0 fully saturated rings. The van der Waals surface area contributed by atoms with Crippen LogP contribution in [0.3, 0.4) is 0 Å². The number of aliphatic hydroxyl groups excluding tert-OH is 1. The van der Waals surface area contributed by atoms with Gasteiger partial charge in [0.2, 0.25) is 0 Å². The molecule has 0 saturated heterocycles. The second-order valence-electron chi connectivity index (χ2n) is 3.96. The molecule has 0 spiro atoms. The van der Waals surface area contributed by atoms with Gasteiger partial charge in [0.1, 0.15) is 5.76 Å². The molecule has 1 aromatic carbocycles. The lowest BCUT2D eigenvalue weighted by Crippen LogP contribution is -1.95. The summed E-state index contributed by atoms with van der Waals surface area (Å²) >= 11 is 3.32. The summed E-state index contributed by atoms with van der Waals surface area (Å²) in [6, 6.07) is 7.21. The molecule has 0 unspecified atom stereocenters. The minimum absolute atomic E-state index is 0.0149. The third-order valence-electron chi connectivity index (χ3n) is 2.46. The molecule has 0 aliphatic heterocycles. The van der Waals surface area contributed by atoms with E-state index in [-0.39, 0.29) is 11.5 Å². The molecule has 92 valence electrons. The fourth-order valence-corrected chi connectivity index (χ4v) is 1.74. The number of hydrogen-bond acceptors (Lipinski definition) is 2. The summed E-state index contributed by atoms with van der Waals surface area (Å²) in [4.78, 5) is 11.5. The largest absolute Gasteiger partial charge is 0.507 e. The highest BCUT2D eigenvalue weighted by Crippen LogP contribution is 2.16. The molecule has 0 bridgehead atoms. The fraction of sp³-hybridized carbons (Fsp3) is 0.357. The van der Waals surface area contributed by atoms with E-state index in [4.69, 9.17) is 0 Å². The molecule has 0 aromatic heterocycles. The zero-order valence-corrected chi connectivity index (χ0v) is 11.5. The van der Waals surface area contributed by atoms with E-state index >= 15 is 0 Å². The molecular weight excluding hydrogens is 280 g/mol. The van der Waals surface area contributed by atoms with Crippen LogP contribution < -0.4 is 0 Å². The van der Waals surface area contributed by atoms with Gasteiger partial charge in [-0.3, -0.25) is 4.79 Å². The van der Waals surface area contributed by atoms with Crippen molar-refractivity contribution >= 4 is 27.5 Å². The van der Waals surface area contributed by atoms with Crippen molar-refractivity contribution in [2.75, 3.05) is 0 Å². The number of unbranched alkanes of at least 4 members (excludes halogenated alkanes) is 2. The number of benzene rings is 1. The number of rotatable bonds is 6. The van der Waals surface area contributed by atoms with Gasteiger partial charge in [0.15, 0.2) is 5.78 Å². The third-order valence-corrected chi connectivity index (χ3v) is 2.99. The molecule has 0 radical (unpaired) electrons. The van der Waals surface area contributed by atoms with Crippen molar-refractivity contribution < 1.29 is 9.90 Å². The number of halogens is 1. The quantitative estimate of drug-likeness (QED) is 0.477. The molecule has 0 aliphatic carbocycles. The van der Waals surface area contributed by atoms with Crippen LogP contribution in [0.1, 0.15) is 38.2 Å². The van der Waals surface area contributed by atoms with Gasteiger partial charge in [0.25, 0.3) is 0 Å². The summed E-state index contributed by atoms with van der Waals surface area (Å²) in [6.45, 7) is 2.10. The van der Waals surface area contributed by atoms with Gasteiger partial charge in [-0.15, -0.1) is 0 Å². The lowest BCUT2D eigenvalue weighted by Gasteiger charge is -2.00. The zero-order chi connectivity index (χ0) is 12.7. The maximum atomic E-state index is 11.5. The Hall–Kier alpha value is -1.09. The number of carbonyl (C=O) groups excluding carboxylic acids is 1. The van der Waals surface area contributed by atoms with Crippen LogP contribution in [0.15, 0.2) is 34.8 Å². The van der Waals surface area contributed by atoms with Gasteiger partial charge in [-0.05, 0) is 18.6 Å². The summed E-state index contributed by atoms with van der Waals surface area (Å²) in [7, 11) is 0. The van der Waals surface area contributed by atoms with Gasteiger partial charge in [-0.2, -0.15) is 0 Å². The topological polar surface area (TPSA) is 37.3 Å². The van der Waals surface area contributed by atoms with Crippen molar-refractivity contribution in [1.29, 1.82) is 0 Å². The van der Waals surface area contributed by atoms with Crippen molar-refractivity contribution in [3.8, 4) is 0 Å². The Labute approximate surface area is 110 Å². The molecule has 0 atom stereocenters. The Kier molecular flexibility index (Phi) is 5.98. The molecule has 0 saturated carbocycles. The van der Waals surface area contributed by atoms with Gasteiger partial charge < -0.3 is 5.11 Å². The van der Waals surface area contributed by atoms with Gasteiger partial charge in [-0.25, -0.2) is 0 Å². The summed E-state index contributed by atoms with van der Waals surface area (Å²) in [5.74, 6) is 0.0258. The predicted octanol–water partition coefficient (Wildman–Crippen LogP) is 4.50. The van der Waals surface area contributed by atoms with Crippen molar-refractivity contribution in [2.45, 2.75) is 32.6 Å². The molecular formula is C14H17BrO2. The smallest absolute Gasteiger partial charge is 0.159 e. The molecule has 1 aromatic rings. The maximum absolute atomic E-state index is 11.5. The lowest BCUT2D eigenvalue weighted by molar-refractivity contribution is -0.114. The van der Waals surface area contributed by atoms with Crippen LogP contribution in [0, 0.1) is 0 Å². The average molecular weight is 297 g/mol. The zero-order valence-electron chi connectivity index (χ0n) is 9.95. The summed E-state index contributed by atoms with van der Waals surface area (Å²) in [6.07, 6.45) is 4.86. The number of allylic oxidation sites excluding steroid dienone is 1. The first-order valence-corrected chi connectivity index (χ1v) is 6.62. The highest BCUT2D eigenvalue weighted by Gasteiger charge is 2.03. The maximum Gasteiger partial charge on any atom is 0.159 e. The first-order chi connectivity index (χ1) is 8.13. The van der Waals surface area contributed by atoms with E-state index in [9.17, 15) is 9.90 Å². The molecule has 1 N–H and O–H groups in total. The number of aliphatic hydroxyl groups is 1. The van der Waals surface area contributed by atoms with E-state index in [0.717, 1.165) is 23.7 Å². The van der Waals surface area contributed by atoms with Crippen molar-refractivity contribution in [3.63, 3.8) is 0 Å². The van der Waals surface area contributed by atoms with Crippen LogP contribution >= 0.6 is 15.9 Å². The minimum Gasteiger partial charge on any atom is -0.507 e. The van der Waals surface area contributed by atoms with Crippen molar-refractivity contribution in [2.24, 2.45) is 0 Å². The normalized spacial score (nSPS) is 11.5. The summed E-state index contributed by atoms with van der Waals surface area (Å²) in [5.41, 5.74) is 0.664. The molecule has 1 rings (SSSR count). The van der Waals surface area contributed by atoms with Gasteiger partial charge in [-0.1, -0.05) is 47.8 Å². The van der Waals surface area contributed by atoms with Gasteiger partial charge >= 0.3 is 0 Å². The number of ketones is 1. The van der Waals surface area contributed by atoms with Crippen LogP contribution in [0.5, 0.6) is 0 Å². The Morgan fingerprint density at radius 1 is 1.29 bits per heavy atom. The Balaban J connectivity index is 2.59. The number of carbonyl (C=O) groups is 1. The Morgan fingerprint density at radius 2 is 1.94 bits per heavy atom. The molecule has 3 heteroatoms. The minimum atomic E-state index is -0.0149. The second kappa shape index (κ2) is 7.28. The van der Waals surface area contributed by atoms with E-state index in [0.29, 0.717) is 12.0 Å². The van der Waals surface area contributed by atoms with E-state index in [1.54, 1.807) is 12.1 Å². The second-order valence-corrected chi connectivity index (χ2v) is 4.88. The third kappa shape index (κ3) is 5.18. The number of hydrogen-bond donors (Lipinski definition) is 1. The van der Waals surface area contributed by atoms with Crippen LogP contribution in [0.4, 0.5) is 0 Å². The standard InChI is InChI=1S/C14H17BrO2/c1-2-3-4-5-13(16)10-14(17)11-6-8-12(15)9-7-11/h6-10,17H,2-5H2,1H3.